The fourth-order valence-corrected chi connectivity index (χ4v) is 2.00. The normalized spacial score (nSPS) is 30.5. The molecule has 1 unspecified atom stereocenters. The van der Waals surface area contributed by atoms with Gasteiger partial charge in [-0.05, 0) is 57.8 Å². The van der Waals surface area contributed by atoms with Gasteiger partial charge in [0.05, 0.1) is 6.10 Å². The van der Waals surface area contributed by atoms with E-state index in [4.69, 9.17) is 0 Å². The SMILES string of the molecule is OC1CC/C=C\CC/C=C/CC/C=C/CCC1. The summed E-state index contributed by atoms with van der Waals surface area (Å²) in [5.74, 6) is 0. The van der Waals surface area contributed by atoms with E-state index in [9.17, 15) is 5.11 Å². The summed E-state index contributed by atoms with van der Waals surface area (Å²) in [5, 5.41) is 9.75. The fraction of sp³-hybridized carbons (Fsp3) is 0.625. The van der Waals surface area contributed by atoms with Crippen LogP contribution in [0.1, 0.15) is 57.8 Å². The number of hydrogen-bond donors (Lipinski definition) is 1. The van der Waals surface area contributed by atoms with E-state index in [1.54, 1.807) is 0 Å². The highest BCUT2D eigenvalue weighted by atomic mass is 16.3. The van der Waals surface area contributed by atoms with Crippen LogP contribution in [0.5, 0.6) is 0 Å². The molecule has 0 aliphatic heterocycles. The number of hydrogen-bond acceptors (Lipinski definition) is 1. The van der Waals surface area contributed by atoms with Gasteiger partial charge >= 0.3 is 0 Å². The second-order valence-corrected chi connectivity index (χ2v) is 4.73. The molecule has 1 N–H and O–H groups in total. The predicted octanol–water partition coefficient (Wildman–Crippen LogP) is 4.54. The molecule has 1 aliphatic carbocycles. The molecule has 0 aromatic rings. The van der Waals surface area contributed by atoms with Gasteiger partial charge in [-0.15, -0.1) is 0 Å². The van der Waals surface area contributed by atoms with E-state index < -0.39 is 0 Å². The zero-order valence-corrected chi connectivity index (χ0v) is 10.9. The van der Waals surface area contributed by atoms with Crippen LogP contribution in [-0.2, 0) is 0 Å². The molecule has 0 radical (unpaired) electrons. The van der Waals surface area contributed by atoms with E-state index >= 15 is 0 Å². The molecule has 0 saturated carbocycles. The summed E-state index contributed by atoms with van der Waals surface area (Å²) in [6.45, 7) is 0. The molecule has 0 aromatic carbocycles. The molecule has 1 aliphatic rings. The quantitative estimate of drug-likeness (QED) is 0.610. The Morgan fingerprint density at radius 2 is 1.06 bits per heavy atom. The molecular formula is C16H26O. The van der Waals surface area contributed by atoms with Gasteiger partial charge in [0.25, 0.3) is 0 Å². The maximum absolute atomic E-state index is 9.75. The molecule has 0 spiro atoms. The van der Waals surface area contributed by atoms with E-state index in [1.165, 1.54) is 0 Å². The highest BCUT2D eigenvalue weighted by Crippen LogP contribution is 2.09. The monoisotopic (exact) mass is 234 g/mol. The summed E-state index contributed by atoms with van der Waals surface area (Å²) in [7, 11) is 0. The molecule has 0 fully saturated rings. The summed E-state index contributed by atoms with van der Waals surface area (Å²) in [6.07, 6.45) is 23.1. The van der Waals surface area contributed by atoms with Crippen molar-refractivity contribution in [3.8, 4) is 0 Å². The van der Waals surface area contributed by atoms with Crippen molar-refractivity contribution in [1.82, 2.24) is 0 Å². The lowest BCUT2D eigenvalue weighted by atomic mass is 10.1. The molecule has 1 nitrogen and oxygen atoms in total. The van der Waals surface area contributed by atoms with Crippen LogP contribution in [0.4, 0.5) is 0 Å². The van der Waals surface area contributed by atoms with Crippen molar-refractivity contribution in [2.45, 2.75) is 63.9 Å². The first-order valence-electron chi connectivity index (χ1n) is 7.02. The summed E-state index contributed by atoms with van der Waals surface area (Å²) in [5.41, 5.74) is 0. The minimum absolute atomic E-state index is 0.110. The topological polar surface area (TPSA) is 20.2 Å². The Hall–Kier alpha value is -0.820. The van der Waals surface area contributed by atoms with Crippen LogP contribution in [0.15, 0.2) is 36.5 Å². The first-order valence-corrected chi connectivity index (χ1v) is 7.02. The van der Waals surface area contributed by atoms with Gasteiger partial charge in [0.2, 0.25) is 0 Å². The second kappa shape index (κ2) is 10.3. The molecule has 0 saturated heterocycles. The molecule has 0 heterocycles. The van der Waals surface area contributed by atoms with Gasteiger partial charge in [0, 0.05) is 0 Å². The average molecular weight is 234 g/mol. The van der Waals surface area contributed by atoms with Crippen LogP contribution < -0.4 is 0 Å². The lowest BCUT2D eigenvalue weighted by Crippen LogP contribution is -2.04. The van der Waals surface area contributed by atoms with Crippen molar-refractivity contribution in [3.63, 3.8) is 0 Å². The number of allylic oxidation sites excluding steroid dienone is 6. The molecule has 96 valence electrons. The molecule has 1 atom stereocenters. The standard InChI is InChI=1S/C16H26O/c17-16-14-12-10-8-6-4-2-1-3-5-7-9-11-13-15-16/h1-2,7-10,16-17H,3-6,11-15H2/b2-1+,9-7+,10-8-. The zero-order valence-electron chi connectivity index (χ0n) is 10.9. The smallest absolute Gasteiger partial charge is 0.0543 e. The fourth-order valence-electron chi connectivity index (χ4n) is 2.00. The van der Waals surface area contributed by atoms with Gasteiger partial charge in [-0.25, -0.2) is 0 Å². The van der Waals surface area contributed by atoms with Gasteiger partial charge in [-0.3, -0.25) is 0 Å². The minimum atomic E-state index is -0.110. The highest BCUT2D eigenvalue weighted by molar-refractivity contribution is 4.91. The van der Waals surface area contributed by atoms with Crippen LogP contribution in [0.2, 0.25) is 0 Å². The van der Waals surface area contributed by atoms with Crippen molar-refractivity contribution >= 4 is 0 Å². The predicted molar refractivity (Wildman–Crippen MR) is 75.0 cm³/mol. The third-order valence-corrected chi connectivity index (χ3v) is 3.07. The zero-order chi connectivity index (χ0) is 12.2. The first kappa shape index (κ1) is 14.2. The number of aliphatic hydroxyl groups is 1. The largest absolute Gasteiger partial charge is 0.393 e. The van der Waals surface area contributed by atoms with Crippen LogP contribution in [0.25, 0.3) is 0 Å². The molecule has 1 heteroatoms. The van der Waals surface area contributed by atoms with Crippen molar-refractivity contribution in [1.29, 1.82) is 0 Å². The van der Waals surface area contributed by atoms with Crippen LogP contribution in [-0.4, -0.2) is 11.2 Å². The third kappa shape index (κ3) is 8.93. The summed E-state index contributed by atoms with van der Waals surface area (Å²) in [6, 6.07) is 0. The van der Waals surface area contributed by atoms with Gasteiger partial charge in [-0.1, -0.05) is 36.5 Å². The van der Waals surface area contributed by atoms with E-state index in [-0.39, 0.29) is 6.10 Å². The lowest BCUT2D eigenvalue weighted by molar-refractivity contribution is 0.153. The summed E-state index contributed by atoms with van der Waals surface area (Å²) in [4.78, 5) is 0. The molecule has 0 aromatic heterocycles. The maximum atomic E-state index is 9.75. The minimum Gasteiger partial charge on any atom is -0.393 e. The number of rotatable bonds is 0. The molecule has 1 rings (SSSR count). The van der Waals surface area contributed by atoms with Crippen molar-refractivity contribution in [2.75, 3.05) is 0 Å². The first-order chi connectivity index (χ1) is 8.39. The molecule has 0 amide bonds. The van der Waals surface area contributed by atoms with Gasteiger partial charge in [0.15, 0.2) is 0 Å². The Labute approximate surface area is 106 Å². The van der Waals surface area contributed by atoms with E-state index in [1.807, 2.05) is 0 Å². The molecular weight excluding hydrogens is 208 g/mol. The van der Waals surface area contributed by atoms with Crippen LogP contribution in [0.3, 0.4) is 0 Å². The Kier molecular flexibility index (Phi) is 8.66. The second-order valence-electron chi connectivity index (χ2n) is 4.73. The Morgan fingerprint density at radius 1 is 0.588 bits per heavy atom. The van der Waals surface area contributed by atoms with E-state index in [2.05, 4.69) is 36.5 Å². The van der Waals surface area contributed by atoms with Crippen molar-refractivity contribution < 1.29 is 5.11 Å². The van der Waals surface area contributed by atoms with Crippen LogP contribution >= 0.6 is 0 Å². The highest BCUT2D eigenvalue weighted by Gasteiger charge is 2.01. The molecule has 0 bridgehead atoms. The van der Waals surface area contributed by atoms with Crippen molar-refractivity contribution in [3.05, 3.63) is 36.5 Å². The Bertz CT molecular complexity index is 250. The van der Waals surface area contributed by atoms with Gasteiger partial charge in [0.1, 0.15) is 0 Å². The number of aliphatic hydroxyl groups excluding tert-OH is 1. The Balaban J connectivity index is 2.30. The summed E-state index contributed by atoms with van der Waals surface area (Å²) >= 11 is 0. The summed E-state index contributed by atoms with van der Waals surface area (Å²) < 4.78 is 0. The van der Waals surface area contributed by atoms with E-state index in [0.717, 1.165) is 57.8 Å². The maximum Gasteiger partial charge on any atom is 0.0543 e. The lowest BCUT2D eigenvalue weighted by Gasteiger charge is -2.07. The molecule has 17 heavy (non-hydrogen) atoms. The third-order valence-electron chi connectivity index (χ3n) is 3.07. The van der Waals surface area contributed by atoms with Gasteiger partial charge in [-0.2, -0.15) is 0 Å². The van der Waals surface area contributed by atoms with E-state index in [0.29, 0.717) is 0 Å². The Morgan fingerprint density at radius 3 is 1.65 bits per heavy atom. The van der Waals surface area contributed by atoms with Crippen molar-refractivity contribution in [2.24, 2.45) is 0 Å². The van der Waals surface area contributed by atoms with Gasteiger partial charge < -0.3 is 5.11 Å². The van der Waals surface area contributed by atoms with Crippen LogP contribution in [0, 0.1) is 0 Å². The average Bonchev–Trinajstić information content (AvgIpc) is 2.32.